The molecule has 4 atom stereocenters. The molecule has 2 fully saturated rings. The number of aromatic nitrogens is 2. The molecule has 0 saturated carbocycles. The van der Waals surface area contributed by atoms with Gasteiger partial charge in [0.1, 0.15) is 5.01 Å². The van der Waals surface area contributed by atoms with Crippen LogP contribution in [0.15, 0.2) is 34.6 Å². The Hall–Kier alpha value is -2.29. The van der Waals surface area contributed by atoms with Crippen LogP contribution in [0.4, 0.5) is 0 Å². The van der Waals surface area contributed by atoms with Gasteiger partial charge in [-0.2, -0.15) is 0 Å². The van der Waals surface area contributed by atoms with Crippen molar-refractivity contribution in [3.05, 3.63) is 56.4 Å². The van der Waals surface area contributed by atoms with Crippen molar-refractivity contribution in [1.82, 2.24) is 19.4 Å². The maximum absolute atomic E-state index is 13.9. The largest absolute Gasteiger partial charge is 0.396 e. The first-order chi connectivity index (χ1) is 17.2. The van der Waals surface area contributed by atoms with Crippen LogP contribution in [0.25, 0.3) is 5.57 Å². The number of allylic oxidation sites excluding steroid dienone is 2. The van der Waals surface area contributed by atoms with E-state index in [1.807, 2.05) is 27.1 Å². The van der Waals surface area contributed by atoms with Crippen LogP contribution in [-0.4, -0.2) is 56.1 Å². The van der Waals surface area contributed by atoms with Gasteiger partial charge in [-0.3, -0.25) is 14.5 Å². The van der Waals surface area contributed by atoms with Crippen LogP contribution in [0.1, 0.15) is 67.3 Å². The molecule has 2 aromatic rings. The molecular weight excluding hydrogens is 460 g/mol. The lowest BCUT2D eigenvalue weighted by molar-refractivity contribution is -0.139. The topological polar surface area (TPSA) is 78.7 Å². The zero-order valence-electron chi connectivity index (χ0n) is 20.1. The number of hydrogen-bond acceptors (Lipinski definition) is 6. The number of carbonyl (C=O) groups is 1. The van der Waals surface area contributed by atoms with Gasteiger partial charge in [0.15, 0.2) is 0 Å². The molecular formula is C27H34N4O3S. The number of nitrogens with zero attached hydrogens (tertiary/aromatic N) is 4. The summed E-state index contributed by atoms with van der Waals surface area (Å²) in [5, 5.41) is 13.6. The summed E-state index contributed by atoms with van der Waals surface area (Å²) in [6.45, 7) is 2.66. The predicted molar refractivity (Wildman–Crippen MR) is 136 cm³/mol. The first kappa shape index (κ1) is 23.1. The standard InChI is InChI=1S/C27H34N4O3S/c32-17-20-22-15-31-21(10-9-19(26(31)33)18-7-3-1-4-8-18)25(30(22)16-23-28-11-14-35-23)24(20)27(34)29-12-5-2-6-13-29/h7,9-11,14,20,22,24-25,32H,1-6,8,12-13,15-17H2/t20-,22-,24+,25+/m1/s1. The Balaban J connectivity index is 1.43. The number of hydrogen-bond donors (Lipinski definition) is 1. The molecule has 3 aliphatic heterocycles. The highest BCUT2D eigenvalue weighted by atomic mass is 32.1. The molecule has 4 aliphatic rings. The number of rotatable bonds is 5. The van der Waals surface area contributed by atoms with E-state index in [0.717, 1.165) is 73.5 Å². The molecule has 0 unspecified atom stereocenters. The average Bonchev–Trinajstić information content (AvgIpc) is 3.48. The van der Waals surface area contributed by atoms with Crippen molar-refractivity contribution in [2.75, 3.05) is 19.7 Å². The van der Waals surface area contributed by atoms with Gasteiger partial charge in [-0.25, -0.2) is 4.98 Å². The molecule has 0 spiro atoms. The molecule has 0 aromatic carbocycles. The molecule has 0 radical (unpaired) electrons. The fourth-order valence-corrected chi connectivity index (χ4v) is 7.49. The molecule has 2 bridgehead atoms. The first-order valence-corrected chi connectivity index (χ1v) is 14.0. The van der Waals surface area contributed by atoms with Gasteiger partial charge in [0.05, 0.1) is 18.5 Å². The average molecular weight is 495 g/mol. The number of amides is 1. The molecule has 2 saturated heterocycles. The first-order valence-electron chi connectivity index (χ1n) is 13.1. The molecule has 5 heterocycles. The van der Waals surface area contributed by atoms with E-state index in [2.05, 4.69) is 22.0 Å². The van der Waals surface area contributed by atoms with Gasteiger partial charge >= 0.3 is 0 Å². The number of carbonyl (C=O) groups excluding carboxylic acids is 1. The molecule has 1 N–H and O–H groups in total. The van der Waals surface area contributed by atoms with Gasteiger partial charge in [-0.1, -0.05) is 6.08 Å². The van der Waals surface area contributed by atoms with E-state index in [0.29, 0.717) is 13.1 Å². The highest BCUT2D eigenvalue weighted by Gasteiger charge is 2.56. The summed E-state index contributed by atoms with van der Waals surface area (Å²) >= 11 is 1.61. The summed E-state index contributed by atoms with van der Waals surface area (Å²) in [4.78, 5) is 36.6. The molecule has 7 nitrogen and oxygen atoms in total. The monoisotopic (exact) mass is 494 g/mol. The quantitative estimate of drug-likeness (QED) is 0.689. The molecule has 186 valence electrons. The van der Waals surface area contributed by atoms with Crippen LogP contribution >= 0.6 is 11.3 Å². The van der Waals surface area contributed by atoms with E-state index >= 15 is 0 Å². The van der Waals surface area contributed by atoms with Gasteiger partial charge in [0, 0.05) is 61.0 Å². The molecule has 35 heavy (non-hydrogen) atoms. The Morgan fingerprint density at radius 3 is 2.71 bits per heavy atom. The van der Waals surface area contributed by atoms with Gasteiger partial charge in [0.2, 0.25) is 5.91 Å². The van der Waals surface area contributed by atoms with Crippen LogP contribution in [-0.2, 0) is 17.9 Å². The van der Waals surface area contributed by atoms with E-state index < -0.39 is 0 Å². The van der Waals surface area contributed by atoms with Crippen molar-refractivity contribution >= 4 is 22.8 Å². The fourth-order valence-electron chi connectivity index (χ4n) is 6.86. The SMILES string of the molecule is O=C([C@H]1[C@H](CO)[C@H]2Cn3c(ccc(C4=CCCCC4)c3=O)[C@@H]1N2Cc1nccs1)N1CCCCC1. The van der Waals surface area contributed by atoms with Crippen molar-refractivity contribution in [3.63, 3.8) is 0 Å². The molecule has 1 aliphatic carbocycles. The third-order valence-electron chi connectivity index (χ3n) is 8.56. The maximum atomic E-state index is 13.9. The predicted octanol–water partition coefficient (Wildman–Crippen LogP) is 3.44. The lowest BCUT2D eigenvalue weighted by atomic mass is 9.85. The Labute approximate surface area is 210 Å². The molecule has 6 rings (SSSR count). The second-order valence-corrected chi connectivity index (χ2v) is 11.4. The second kappa shape index (κ2) is 9.64. The summed E-state index contributed by atoms with van der Waals surface area (Å²) in [5.41, 5.74) is 2.94. The van der Waals surface area contributed by atoms with Crippen LogP contribution in [0.3, 0.4) is 0 Å². The van der Waals surface area contributed by atoms with Crippen molar-refractivity contribution in [2.24, 2.45) is 11.8 Å². The minimum absolute atomic E-state index is 0.0550. The van der Waals surface area contributed by atoms with Crippen LogP contribution in [0, 0.1) is 11.8 Å². The normalized spacial score (nSPS) is 28.6. The number of likely N-dealkylation sites (tertiary alicyclic amines) is 1. The summed E-state index contributed by atoms with van der Waals surface area (Å²) in [6, 6.07) is 3.76. The van der Waals surface area contributed by atoms with Gasteiger partial charge in [0.25, 0.3) is 5.56 Å². The lowest BCUT2D eigenvalue weighted by Gasteiger charge is -2.38. The van der Waals surface area contributed by atoms with Crippen molar-refractivity contribution in [3.8, 4) is 0 Å². The summed E-state index contributed by atoms with van der Waals surface area (Å²) in [7, 11) is 0. The Bertz CT molecular complexity index is 1170. The maximum Gasteiger partial charge on any atom is 0.258 e. The highest BCUT2D eigenvalue weighted by molar-refractivity contribution is 7.09. The summed E-state index contributed by atoms with van der Waals surface area (Å²) in [5.74, 6) is -0.414. The lowest BCUT2D eigenvalue weighted by Crippen LogP contribution is -2.46. The van der Waals surface area contributed by atoms with E-state index in [-0.39, 0.29) is 42.0 Å². The number of pyridine rings is 1. The Kier molecular flexibility index (Phi) is 6.37. The van der Waals surface area contributed by atoms with Crippen molar-refractivity contribution in [2.45, 2.75) is 70.1 Å². The van der Waals surface area contributed by atoms with E-state index in [4.69, 9.17) is 0 Å². The van der Waals surface area contributed by atoms with Gasteiger partial charge < -0.3 is 14.6 Å². The number of fused-ring (bicyclic) bond motifs is 4. The summed E-state index contributed by atoms with van der Waals surface area (Å²) < 4.78 is 1.92. The summed E-state index contributed by atoms with van der Waals surface area (Å²) in [6.07, 6.45) is 11.6. The fraction of sp³-hybridized carbons (Fsp3) is 0.593. The zero-order chi connectivity index (χ0) is 23.9. The third kappa shape index (κ3) is 3.99. The van der Waals surface area contributed by atoms with E-state index in [1.54, 1.807) is 11.3 Å². The highest BCUT2D eigenvalue weighted by Crippen LogP contribution is 2.50. The van der Waals surface area contributed by atoms with E-state index in [9.17, 15) is 14.7 Å². The van der Waals surface area contributed by atoms with Gasteiger partial charge in [-0.05, 0) is 62.7 Å². The minimum Gasteiger partial charge on any atom is -0.396 e. The minimum atomic E-state index is -0.351. The third-order valence-corrected chi connectivity index (χ3v) is 9.33. The van der Waals surface area contributed by atoms with Gasteiger partial charge in [-0.15, -0.1) is 11.3 Å². The Morgan fingerprint density at radius 2 is 2.00 bits per heavy atom. The Morgan fingerprint density at radius 1 is 1.14 bits per heavy atom. The number of thiazole rings is 1. The second-order valence-electron chi connectivity index (χ2n) is 10.4. The molecule has 8 heteroatoms. The van der Waals surface area contributed by atoms with E-state index in [1.165, 1.54) is 6.42 Å². The molecule has 1 amide bonds. The number of aliphatic hydroxyl groups is 1. The molecule has 2 aromatic heterocycles. The van der Waals surface area contributed by atoms with Crippen LogP contribution < -0.4 is 5.56 Å². The van der Waals surface area contributed by atoms with Crippen LogP contribution in [0.2, 0.25) is 0 Å². The van der Waals surface area contributed by atoms with Crippen molar-refractivity contribution in [1.29, 1.82) is 0 Å². The number of aliphatic hydroxyl groups excluding tert-OH is 1. The zero-order valence-corrected chi connectivity index (χ0v) is 21.0. The smallest absolute Gasteiger partial charge is 0.258 e. The van der Waals surface area contributed by atoms with Crippen LogP contribution in [0.5, 0.6) is 0 Å². The van der Waals surface area contributed by atoms with Crippen molar-refractivity contribution < 1.29 is 9.90 Å². The number of piperidine rings is 1.